The lowest BCUT2D eigenvalue weighted by molar-refractivity contribution is -0.384. The molecule has 0 saturated carbocycles. The third kappa shape index (κ3) is 4.64. The molecular formula is C15H13ClN4O3. The number of anilines is 1. The Bertz CT molecular complexity index is 728. The fourth-order valence-corrected chi connectivity index (χ4v) is 2.00. The van der Waals surface area contributed by atoms with Gasteiger partial charge in [0, 0.05) is 17.8 Å². The average molecular weight is 333 g/mol. The predicted octanol–water partition coefficient (Wildman–Crippen LogP) is 3.14. The van der Waals surface area contributed by atoms with E-state index in [4.69, 9.17) is 21.6 Å². The summed E-state index contributed by atoms with van der Waals surface area (Å²) in [5.74, 6) is 0.0594. The third-order valence-electron chi connectivity index (χ3n) is 2.95. The minimum Gasteiger partial charge on any atom is -0.375 e. The molecule has 0 spiro atoms. The van der Waals surface area contributed by atoms with Gasteiger partial charge in [0.1, 0.15) is 11.6 Å². The van der Waals surface area contributed by atoms with Crippen LogP contribution in [0, 0.1) is 21.4 Å². The summed E-state index contributed by atoms with van der Waals surface area (Å²) < 4.78 is 5.47. The van der Waals surface area contributed by atoms with Crippen LogP contribution in [0.4, 0.5) is 11.5 Å². The summed E-state index contributed by atoms with van der Waals surface area (Å²) in [6.07, 6.45) is 1.35. The molecule has 8 heteroatoms. The molecule has 0 aliphatic carbocycles. The molecule has 0 fully saturated rings. The van der Waals surface area contributed by atoms with Gasteiger partial charge in [-0.25, -0.2) is 4.98 Å². The monoisotopic (exact) mass is 332 g/mol. The van der Waals surface area contributed by atoms with Crippen molar-refractivity contribution >= 4 is 23.1 Å². The van der Waals surface area contributed by atoms with Gasteiger partial charge in [0.25, 0.3) is 0 Å². The molecular weight excluding hydrogens is 320 g/mol. The number of ether oxygens (including phenoxy) is 1. The summed E-state index contributed by atoms with van der Waals surface area (Å²) in [5.41, 5.74) is 0.618. The van der Waals surface area contributed by atoms with E-state index in [0.717, 1.165) is 5.56 Å². The molecule has 23 heavy (non-hydrogen) atoms. The Balaban J connectivity index is 1.86. The molecule has 1 aromatic carbocycles. The van der Waals surface area contributed by atoms with Crippen molar-refractivity contribution in [1.29, 1.82) is 5.26 Å². The second-order valence-corrected chi connectivity index (χ2v) is 4.97. The van der Waals surface area contributed by atoms with Crippen molar-refractivity contribution in [2.45, 2.75) is 6.61 Å². The summed E-state index contributed by atoms with van der Waals surface area (Å²) in [5, 5.41) is 23.4. The van der Waals surface area contributed by atoms with E-state index in [0.29, 0.717) is 24.8 Å². The lowest BCUT2D eigenvalue weighted by atomic mass is 10.2. The highest BCUT2D eigenvalue weighted by atomic mass is 35.5. The molecule has 0 aliphatic heterocycles. The van der Waals surface area contributed by atoms with Crippen LogP contribution < -0.4 is 5.32 Å². The third-order valence-corrected chi connectivity index (χ3v) is 3.20. The molecule has 2 rings (SSSR count). The first-order valence-electron chi connectivity index (χ1n) is 6.71. The van der Waals surface area contributed by atoms with Crippen LogP contribution >= 0.6 is 11.6 Å². The standard InChI is InChI=1S/C15H13ClN4O3/c16-13-3-1-11(2-4-13)10-23-8-7-19-15-14(20(21)22)12(9-17)5-6-18-15/h1-6H,7-8,10H2,(H,18,19). The second-order valence-electron chi connectivity index (χ2n) is 4.53. The molecule has 0 bridgehead atoms. The molecule has 1 N–H and O–H groups in total. The minimum atomic E-state index is -0.623. The number of nitrogens with zero attached hydrogens (tertiary/aromatic N) is 3. The highest BCUT2D eigenvalue weighted by molar-refractivity contribution is 6.30. The first-order chi connectivity index (χ1) is 11.1. The SMILES string of the molecule is N#Cc1ccnc(NCCOCc2ccc(Cl)cc2)c1[N+](=O)[O-]. The van der Waals surface area contributed by atoms with Crippen molar-refractivity contribution < 1.29 is 9.66 Å². The Kier molecular flexibility index (Phi) is 5.86. The number of benzene rings is 1. The molecule has 0 saturated heterocycles. The van der Waals surface area contributed by atoms with Crippen molar-refractivity contribution in [3.05, 3.63) is 62.8 Å². The first-order valence-corrected chi connectivity index (χ1v) is 7.09. The predicted molar refractivity (Wildman–Crippen MR) is 85.2 cm³/mol. The molecule has 0 radical (unpaired) electrons. The molecule has 0 atom stereocenters. The Hall–Kier alpha value is -2.69. The van der Waals surface area contributed by atoms with Crippen LogP contribution in [-0.2, 0) is 11.3 Å². The van der Waals surface area contributed by atoms with Gasteiger partial charge in [-0.3, -0.25) is 10.1 Å². The van der Waals surface area contributed by atoms with E-state index >= 15 is 0 Å². The van der Waals surface area contributed by atoms with Gasteiger partial charge in [-0.15, -0.1) is 0 Å². The summed E-state index contributed by atoms with van der Waals surface area (Å²) in [7, 11) is 0. The van der Waals surface area contributed by atoms with Crippen molar-refractivity contribution in [2.24, 2.45) is 0 Å². The van der Waals surface area contributed by atoms with Crippen molar-refractivity contribution in [3.8, 4) is 6.07 Å². The number of pyridine rings is 1. The topological polar surface area (TPSA) is 101 Å². The van der Waals surface area contributed by atoms with Gasteiger partial charge in [-0.1, -0.05) is 23.7 Å². The largest absolute Gasteiger partial charge is 0.375 e. The van der Waals surface area contributed by atoms with Gasteiger partial charge in [0.05, 0.1) is 18.1 Å². The Morgan fingerprint density at radius 3 is 2.74 bits per heavy atom. The maximum atomic E-state index is 11.0. The number of hydrogen-bond donors (Lipinski definition) is 1. The number of aromatic nitrogens is 1. The molecule has 0 aliphatic rings. The normalized spacial score (nSPS) is 10.1. The van der Waals surface area contributed by atoms with E-state index in [1.54, 1.807) is 18.2 Å². The van der Waals surface area contributed by atoms with E-state index in [9.17, 15) is 10.1 Å². The van der Waals surface area contributed by atoms with E-state index < -0.39 is 4.92 Å². The molecule has 2 aromatic rings. The summed E-state index contributed by atoms with van der Waals surface area (Å²) in [6, 6.07) is 10.4. The van der Waals surface area contributed by atoms with Crippen LogP contribution in [0.5, 0.6) is 0 Å². The number of nitriles is 1. The van der Waals surface area contributed by atoms with E-state index in [2.05, 4.69) is 10.3 Å². The second kappa shape index (κ2) is 8.08. The number of halogens is 1. The quantitative estimate of drug-likeness (QED) is 0.475. The van der Waals surface area contributed by atoms with Crippen LogP contribution in [0.25, 0.3) is 0 Å². The zero-order valence-corrected chi connectivity index (χ0v) is 12.8. The molecule has 7 nitrogen and oxygen atoms in total. The van der Waals surface area contributed by atoms with Crippen LogP contribution in [0.2, 0.25) is 5.02 Å². The first kappa shape index (κ1) is 16.7. The maximum Gasteiger partial charge on any atom is 0.328 e. The molecule has 0 amide bonds. The molecule has 0 unspecified atom stereocenters. The van der Waals surface area contributed by atoms with E-state index in [-0.39, 0.29) is 17.1 Å². The van der Waals surface area contributed by atoms with Crippen LogP contribution in [0.15, 0.2) is 36.5 Å². The lowest BCUT2D eigenvalue weighted by Crippen LogP contribution is -2.12. The summed E-state index contributed by atoms with van der Waals surface area (Å²) in [4.78, 5) is 14.3. The van der Waals surface area contributed by atoms with Gasteiger partial charge in [-0.05, 0) is 23.8 Å². The van der Waals surface area contributed by atoms with E-state index in [1.807, 2.05) is 12.1 Å². The highest BCUT2D eigenvalue weighted by Crippen LogP contribution is 2.25. The van der Waals surface area contributed by atoms with Crippen LogP contribution in [0.1, 0.15) is 11.1 Å². The van der Waals surface area contributed by atoms with Gasteiger partial charge in [0.2, 0.25) is 5.82 Å². The zero-order chi connectivity index (χ0) is 16.7. The maximum absolute atomic E-state index is 11.0. The Labute approximate surface area is 137 Å². The summed E-state index contributed by atoms with van der Waals surface area (Å²) in [6.45, 7) is 1.07. The number of nitro groups is 1. The van der Waals surface area contributed by atoms with Crippen molar-refractivity contribution in [3.63, 3.8) is 0 Å². The van der Waals surface area contributed by atoms with Crippen LogP contribution in [0.3, 0.4) is 0 Å². The highest BCUT2D eigenvalue weighted by Gasteiger charge is 2.20. The smallest absolute Gasteiger partial charge is 0.328 e. The average Bonchev–Trinajstić information content (AvgIpc) is 2.55. The molecule has 1 aromatic heterocycles. The lowest BCUT2D eigenvalue weighted by Gasteiger charge is -2.08. The number of hydrogen-bond acceptors (Lipinski definition) is 6. The minimum absolute atomic E-state index is 0.0328. The van der Waals surface area contributed by atoms with Crippen LogP contribution in [-0.4, -0.2) is 23.1 Å². The Morgan fingerprint density at radius 2 is 2.09 bits per heavy atom. The van der Waals surface area contributed by atoms with Gasteiger partial charge in [0.15, 0.2) is 0 Å². The van der Waals surface area contributed by atoms with Crippen molar-refractivity contribution in [2.75, 3.05) is 18.5 Å². The Morgan fingerprint density at radius 1 is 1.35 bits per heavy atom. The van der Waals surface area contributed by atoms with Gasteiger partial charge >= 0.3 is 5.69 Å². The fraction of sp³-hybridized carbons (Fsp3) is 0.200. The van der Waals surface area contributed by atoms with E-state index in [1.165, 1.54) is 12.3 Å². The number of nitrogens with one attached hydrogen (secondary N) is 1. The molecule has 118 valence electrons. The fourth-order valence-electron chi connectivity index (χ4n) is 1.87. The molecule has 1 heterocycles. The zero-order valence-electron chi connectivity index (χ0n) is 12.0. The summed E-state index contributed by atoms with van der Waals surface area (Å²) >= 11 is 5.79. The number of rotatable bonds is 7. The van der Waals surface area contributed by atoms with Gasteiger partial charge < -0.3 is 10.1 Å². The van der Waals surface area contributed by atoms with Gasteiger partial charge in [-0.2, -0.15) is 5.26 Å². The van der Waals surface area contributed by atoms with Crippen molar-refractivity contribution in [1.82, 2.24) is 4.98 Å².